The van der Waals surface area contributed by atoms with E-state index >= 15 is 0 Å². The fraction of sp³-hybridized carbons (Fsp3) is 0.800. The first-order chi connectivity index (χ1) is 8.73. The summed E-state index contributed by atoms with van der Waals surface area (Å²) in [5, 5.41) is 8.32. The topological polar surface area (TPSA) is 29.9 Å². The maximum atomic E-state index is 4.87. The number of aryl methyl sites for hydroxylation is 1. The molecule has 3 nitrogen and oxygen atoms in total. The minimum atomic E-state index is 0.556. The lowest BCUT2D eigenvalue weighted by Gasteiger charge is -2.17. The molecule has 0 aromatic carbocycles. The quantitative estimate of drug-likeness (QED) is 0.766. The molecule has 1 heterocycles. The van der Waals surface area contributed by atoms with Gasteiger partial charge in [-0.05, 0) is 32.2 Å². The summed E-state index contributed by atoms with van der Waals surface area (Å²) in [4.78, 5) is 0. The van der Waals surface area contributed by atoms with E-state index in [2.05, 4.69) is 44.6 Å². The molecule has 104 valence electrons. The molecule has 1 aromatic rings. The molecule has 0 bridgehead atoms. The van der Waals surface area contributed by atoms with Gasteiger partial charge in [-0.2, -0.15) is 5.10 Å². The van der Waals surface area contributed by atoms with Crippen LogP contribution >= 0.6 is 0 Å². The third-order valence-electron chi connectivity index (χ3n) is 3.71. The first-order valence-corrected chi connectivity index (χ1v) is 7.53. The molecule has 0 saturated heterocycles. The predicted molar refractivity (Wildman–Crippen MR) is 78.0 cm³/mol. The van der Waals surface area contributed by atoms with Gasteiger partial charge in [0.25, 0.3) is 0 Å². The fourth-order valence-corrected chi connectivity index (χ4v) is 2.61. The second-order valence-corrected chi connectivity index (χ2v) is 4.77. The van der Waals surface area contributed by atoms with Crippen LogP contribution in [0.2, 0.25) is 0 Å². The molecule has 0 saturated carbocycles. The molecule has 1 N–H and O–H groups in total. The molecule has 0 atom stereocenters. The molecule has 1 aromatic heterocycles. The van der Waals surface area contributed by atoms with E-state index in [1.54, 1.807) is 0 Å². The third-order valence-corrected chi connectivity index (χ3v) is 3.71. The van der Waals surface area contributed by atoms with Crippen LogP contribution in [0.25, 0.3) is 0 Å². The van der Waals surface area contributed by atoms with E-state index in [0.717, 1.165) is 38.8 Å². The van der Waals surface area contributed by atoms with Crippen LogP contribution in [0.5, 0.6) is 0 Å². The van der Waals surface area contributed by atoms with Crippen LogP contribution in [0.1, 0.15) is 70.5 Å². The van der Waals surface area contributed by atoms with Crippen molar-refractivity contribution >= 4 is 0 Å². The van der Waals surface area contributed by atoms with Crippen molar-refractivity contribution in [3.63, 3.8) is 0 Å². The highest BCUT2D eigenvalue weighted by Crippen LogP contribution is 2.23. The number of rotatable bonds is 8. The van der Waals surface area contributed by atoms with Crippen molar-refractivity contribution in [2.75, 3.05) is 6.54 Å². The zero-order valence-electron chi connectivity index (χ0n) is 12.7. The van der Waals surface area contributed by atoms with Crippen molar-refractivity contribution in [2.45, 2.75) is 72.9 Å². The maximum Gasteiger partial charge on any atom is 0.0669 e. The van der Waals surface area contributed by atoms with Gasteiger partial charge in [-0.3, -0.25) is 4.68 Å². The van der Waals surface area contributed by atoms with Crippen molar-refractivity contribution in [3.8, 4) is 0 Å². The minimum Gasteiger partial charge on any atom is -0.313 e. The molecule has 0 aliphatic carbocycles. The number of nitrogens with zero attached hydrogens (tertiary/aromatic N) is 2. The Morgan fingerprint density at radius 2 is 1.72 bits per heavy atom. The van der Waals surface area contributed by atoms with Gasteiger partial charge in [0.1, 0.15) is 0 Å². The van der Waals surface area contributed by atoms with E-state index in [1.165, 1.54) is 17.0 Å². The fourth-order valence-electron chi connectivity index (χ4n) is 2.61. The molecule has 3 heteroatoms. The number of aromatic nitrogens is 2. The van der Waals surface area contributed by atoms with Crippen molar-refractivity contribution in [1.29, 1.82) is 0 Å². The van der Waals surface area contributed by atoms with E-state index in [4.69, 9.17) is 5.10 Å². The van der Waals surface area contributed by atoms with E-state index in [9.17, 15) is 0 Å². The molecule has 0 fully saturated rings. The minimum absolute atomic E-state index is 0.556. The smallest absolute Gasteiger partial charge is 0.0669 e. The summed E-state index contributed by atoms with van der Waals surface area (Å²) in [6, 6.07) is 0.556. The average molecular weight is 251 g/mol. The highest BCUT2D eigenvalue weighted by molar-refractivity contribution is 5.27. The van der Waals surface area contributed by atoms with Gasteiger partial charge in [0, 0.05) is 17.8 Å². The Bertz CT molecular complexity index is 351. The number of hydrogen-bond donors (Lipinski definition) is 1. The van der Waals surface area contributed by atoms with Crippen molar-refractivity contribution < 1.29 is 0 Å². The summed E-state index contributed by atoms with van der Waals surface area (Å²) >= 11 is 0. The van der Waals surface area contributed by atoms with Crippen LogP contribution in [-0.2, 0) is 19.4 Å². The van der Waals surface area contributed by atoms with E-state index in [1.807, 2.05) is 0 Å². The van der Waals surface area contributed by atoms with Gasteiger partial charge in [-0.15, -0.1) is 0 Å². The van der Waals surface area contributed by atoms with E-state index < -0.39 is 0 Å². The summed E-state index contributed by atoms with van der Waals surface area (Å²) in [6.45, 7) is 13.1. The second kappa shape index (κ2) is 7.57. The third kappa shape index (κ3) is 3.14. The highest BCUT2D eigenvalue weighted by atomic mass is 15.3. The van der Waals surface area contributed by atoms with Gasteiger partial charge in [-0.25, -0.2) is 0 Å². The summed E-state index contributed by atoms with van der Waals surface area (Å²) in [5.74, 6) is 0. The van der Waals surface area contributed by atoms with Gasteiger partial charge < -0.3 is 5.32 Å². The maximum absolute atomic E-state index is 4.87. The lowest BCUT2D eigenvalue weighted by atomic mass is 10.1. The molecule has 0 amide bonds. The first-order valence-electron chi connectivity index (χ1n) is 7.53. The summed E-state index contributed by atoms with van der Waals surface area (Å²) < 4.78 is 2.30. The molecular weight excluding hydrogens is 222 g/mol. The lowest BCUT2D eigenvalue weighted by Crippen LogP contribution is -2.16. The second-order valence-electron chi connectivity index (χ2n) is 4.77. The molecule has 0 radical (unpaired) electrons. The first kappa shape index (κ1) is 15.2. The van der Waals surface area contributed by atoms with Gasteiger partial charge in [0.05, 0.1) is 11.7 Å². The van der Waals surface area contributed by atoms with Crippen molar-refractivity contribution in [2.24, 2.45) is 0 Å². The number of hydrogen-bond acceptors (Lipinski definition) is 2. The molecule has 0 unspecified atom stereocenters. The predicted octanol–water partition coefficient (Wildman–Crippen LogP) is 3.48. The van der Waals surface area contributed by atoms with Gasteiger partial charge >= 0.3 is 0 Å². The standard InChI is InChI=1S/C15H29N3/c1-6-12(7-2)18-15(9-4)13(11-16-10-5)14(8-3)17-18/h12,16H,6-11H2,1-5H3. The van der Waals surface area contributed by atoms with Crippen LogP contribution in [-0.4, -0.2) is 16.3 Å². The van der Waals surface area contributed by atoms with Crippen LogP contribution < -0.4 is 5.32 Å². The van der Waals surface area contributed by atoms with E-state index in [0.29, 0.717) is 6.04 Å². The van der Waals surface area contributed by atoms with Crippen molar-refractivity contribution in [1.82, 2.24) is 15.1 Å². The monoisotopic (exact) mass is 251 g/mol. The zero-order chi connectivity index (χ0) is 13.5. The number of nitrogens with one attached hydrogen (secondary N) is 1. The summed E-state index contributed by atoms with van der Waals surface area (Å²) in [7, 11) is 0. The Hall–Kier alpha value is -0.830. The zero-order valence-corrected chi connectivity index (χ0v) is 12.7. The normalized spacial score (nSPS) is 11.4. The Morgan fingerprint density at radius 1 is 1.06 bits per heavy atom. The molecule has 1 rings (SSSR count). The average Bonchev–Trinajstić information content (AvgIpc) is 2.75. The Labute approximate surface area is 112 Å². The Kier molecular flexibility index (Phi) is 6.41. The molecule has 18 heavy (non-hydrogen) atoms. The molecular formula is C15H29N3. The Morgan fingerprint density at radius 3 is 2.17 bits per heavy atom. The van der Waals surface area contributed by atoms with Crippen LogP contribution in [0.3, 0.4) is 0 Å². The highest BCUT2D eigenvalue weighted by Gasteiger charge is 2.18. The lowest BCUT2D eigenvalue weighted by molar-refractivity contribution is 0.412. The van der Waals surface area contributed by atoms with Crippen LogP contribution in [0.4, 0.5) is 0 Å². The van der Waals surface area contributed by atoms with E-state index in [-0.39, 0.29) is 0 Å². The molecule has 0 aliphatic heterocycles. The molecule has 0 aliphatic rings. The van der Waals surface area contributed by atoms with Crippen LogP contribution in [0, 0.1) is 0 Å². The van der Waals surface area contributed by atoms with Gasteiger partial charge in [-0.1, -0.05) is 34.6 Å². The summed E-state index contributed by atoms with van der Waals surface area (Å²) in [6.07, 6.45) is 4.43. The van der Waals surface area contributed by atoms with Crippen molar-refractivity contribution in [3.05, 3.63) is 17.0 Å². The van der Waals surface area contributed by atoms with Gasteiger partial charge in [0.15, 0.2) is 0 Å². The SMILES string of the molecule is CCNCc1c(CC)nn(C(CC)CC)c1CC. The van der Waals surface area contributed by atoms with Gasteiger partial charge in [0.2, 0.25) is 0 Å². The molecule has 0 spiro atoms. The summed E-state index contributed by atoms with van der Waals surface area (Å²) in [5.41, 5.74) is 4.15. The van der Waals surface area contributed by atoms with Crippen LogP contribution in [0.15, 0.2) is 0 Å². The Balaban J connectivity index is 3.14. The largest absolute Gasteiger partial charge is 0.313 e.